The van der Waals surface area contributed by atoms with Crippen LogP contribution in [0, 0.1) is 5.92 Å². The molecular weight excluding hydrogens is 469 g/mol. The molecular formula is C16H30IN5O3S. The highest BCUT2D eigenvalue weighted by Crippen LogP contribution is 2.13. The van der Waals surface area contributed by atoms with Gasteiger partial charge in [0.1, 0.15) is 12.0 Å². The van der Waals surface area contributed by atoms with E-state index in [2.05, 4.69) is 34.2 Å². The first kappa shape index (κ1) is 23.2. The summed E-state index contributed by atoms with van der Waals surface area (Å²) in [4.78, 5) is 6.46. The van der Waals surface area contributed by atoms with Crippen LogP contribution >= 0.6 is 24.0 Å². The summed E-state index contributed by atoms with van der Waals surface area (Å²) in [7, 11) is -1.61. The van der Waals surface area contributed by atoms with Crippen molar-refractivity contribution in [3.8, 4) is 0 Å². The largest absolute Gasteiger partial charge is 0.364 e. The van der Waals surface area contributed by atoms with E-state index in [0.717, 1.165) is 25.3 Å². The summed E-state index contributed by atoms with van der Waals surface area (Å²) < 4.78 is 31.2. The quantitative estimate of drug-likeness (QED) is 0.349. The number of aliphatic imine (C=N–C) groups is 1. The Labute approximate surface area is 173 Å². The number of nitrogens with zero attached hydrogens (tertiary/aromatic N) is 4. The number of sulfonamides is 1. The average Bonchev–Trinajstić information content (AvgIpc) is 3.11. The molecule has 10 heteroatoms. The molecule has 1 aliphatic heterocycles. The number of guanidine groups is 1. The summed E-state index contributed by atoms with van der Waals surface area (Å²) in [5.41, 5.74) is 0.435. The number of hydrogen-bond acceptors (Lipinski definition) is 5. The van der Waals surface area contributed by atoms with Gasteiger partial charge in [0.15, 0.2) is 5.96 Å². The SMILES string of the molecule is CCC(CC)CNC(=NC)N1CCN(S(=O)(=O)Cc2ccon2)CC1.I. The van der Waals surface area contributed by atoms with Gasteiger partial charge in [0.25, 0.3) is 0 Å². The number of halogens is 1. The normalized spacial score (nSPS) is 16.6. The molecule has 0 bridgehead atoms. The zero-order valence-corrected chi connectivity index (χ0v) is 18.9. The molecule has 26 heavy (non-hydrogen) atoms. The van der Waals surface area contributed by atoms with Crippen molar-refractivity contribution in [3.63, 3.8) is 0 Å². The molecule has 0 radical (unpaired) electrons. The van der Waals surface area contributed by atoms with Crippen LogP contribution in [0.4, 0.5) is 0 Å². The third kappa shape index (κ3) is 6.38. The van der Waals surface area contributed by atoms with Crippen molar-refractivity contribution in [2.75, 3.05) is 39.8 Å². The van der Waals surface area contributed by atoms with Crippen molar-refractivity contribution in [2.45, 2.75) is 32.4 Å². The van der Waals surface area contributed by atoms with Crippen molar-refractivity contribution in [1.29, 1.82) is 0 Å². The molecule has 0 atom stereocenters. The van der Waals surface area contributed by atoms with E-state index in [1.165, 1.54) is 10.6 Å². The fraction of sp³-hybridized carbons (Fsp3) is 0.750. The van der Waals surface area contributed by atoms with E-state index in [1.807, 2.05) is 0 Å². The molecule has 0 amide bonds. The predicted octanol–water partition coefficient (Wildman–Crippen LogP) is 1.75. The average molecular weight is 499 g/mol. The molecule has 0 aliphatic carbocycles. The van der Waals surface area contributed by atoms with Gasteiger partial charge in [-0.05, 0) is 5.92 Å². The lowest BCUT2D eigenvalue weighted by Gasteiger charge is -2.36. The maximum atomic E-state index is 12.5. The Balaban J connectivity index is 0.00000338. The number of rotatable bonds is 7. The Morgan fingerprint density at radius 2 is 1.96 bits per heavy atom. The highest BCUT2D eigenvalue weighted by molar-refractivity contribution is 14.0. The summed E-state index contributed by atoms with van der Waals surface area (Å²) >= 11 is 0. The van der Waals surface area contributed by atoms with E-state index in [-0.39, 0.29) is 29.7 Å². The topological polar surface area (TPSA) is 91.0 Å². The fourth-order valence-corrected chi connectivity index (χ4v) is 4.34. The summed E-state index contributed by atoms with van der Waals surface area (Å²) in [6.07, 6.45) is 3.65. The predicted molar refractivity (Wildman–Crippen MR) is 113 cm³/mol. The van der Waals surface area contributed by atoms with Crippen LogP contribution in [0.5, 0.6) is 0 Å². The van der Waals surface area contributed by atoms with Gasteiger partial charge in [0, 0.05) is 45.8 Å². The first-order chi connectivity index (χ1) is 12.0. The first-order valence-electron chi connectivity index (χ1n) is 8.82. The van der Waals surface area contributed by atoms with Gasteiger partial charge >= 0.3 is 0 Å². The zero-order chi connectivity index (χ0) is 18.3. The molecule has 1 fully saturated rings. The van der Waals surface area contributed by atoms with E-state index in [0.29, 0.717) is 37.8 Å². The summed E-state index contributed by atoms with van der Waals surface area (Å²) in [5, 5.41) is 7.11. The molecule has 1 aromatic heterocycles. The summed E-state index contributed by atoms with van der Waals surface area (Å²) in [5.74, 6) is 1.35. The van der Waals surface area contributed by atoms with Crippen LogP contribution in [0.15, 0.2) is 21.8 Å². The molecule has 1 saturated heterocycles. The molecule has 1 aliphatic rings. The van der Waals surface area contributed by atoms with Crippen molar-refractivity contribution >= 4 is 40.0 Å². The number of nitrogens with one attached hydrogen (secondary N) is 1. The van der Waals surface area contributed by atoms with Gasteiger partial charge in [0.2, 0.25) is 10.0 Å². The van der Waals surface area contributed by atoms with E-state index in [4.69, 9.17) is 4.52 Å². The monoisotopic (exact) mass is 499 g/mol. The van der Waals surface area contributed by atoms with Crippen molar-refractivity contribution in [1.82, 2.24) is 19.7 Å². The second-order valence-electron chi connectivity index (χ2n) is 6.24. The second-order valence-corrected chi connectivity index (χ2v) is 8.21. The van der Waals surface area contributed by atoms with Crippen LogP contribution < -0.4 is 5.32 Å². The Hall–Kier alpha value is -0.880. The van der Waals surface area contributed by atoms with Crippen molar-refractivity contribution in [3.05, 3.63) is 18.0 Å². The van der Waals surface area contributed by atoms with Crippen LogP contribution in [0.3, 0.4) is 0 Å². The van der Waals surface area contributed by atoms with Gasteiger partial charge < -0.3 is 14.7 Å². The fourth-order valence-electron chi connectivity index (χ4n) is 2.91. The van der Waals surface area contributed by atoms with E-state index in [9.17, 15) is 8.42 Å². The van der Waals surface area contributed by atoms with Crippen molar-refractivity contribution in [2.24, 2.45) is 10.9 Å². The minimum absolute atomic E-state index is 0. The van der Waals surface area contributed by atoms with E-state index < -0.39 is 10.0 Å². The van der Waals surface area contributed by atoms with Gasteiger partial charge in [0.05, 0.1) is 5.69 Å². The van der Waals surface area contributed by atoms with E-state index in [1.54, 1.807) is 13.1 Å². The lowest BCUT2D eigenvalue weighted by atomic mass is 10.0. The Kier molecular flexibility index (Phi) is 9.86. The van der Waals surface area contributed by atoms with E-state index >= 15 is 0 Å². The highest BCUT2D eigenvalue weighted by Gasteiger charge is 2.29. The van der Waals surface area contributed by atoms with Gasteiger partial charge in [-0.2, -0.15) is 4.31 Å². The third-order valence-corrected chi connectivity index (χ3v) is 6.48. The lowest BCUT2D eigenvalue weighted by Crippen LogP contribution is -2.54. The molecule has 1 aromatic rings. The Morgan fingerprint density at radius 1 is 1.31 bits per heavy atom. The molecule has 0 saturated carbocycles. The van der Waals surface area contributed by atoms with Crippen LogP contribution in [0.2, 0.25) is 0 Å². The molecule has 1 N–H and O–H groups in total. The van der Waals surface area contributed by atoms with Crippen LogP contribution in [0.1, 0.15) is 32.4 Å². The Bertz CT molecular complexity index is 639. The van der Waals surface area contributed by atoms with Gasteiger partial charge in [-0.3, -0.25) is 4.99 Å². The smallest absolute Gasteiger partial charge is 0.220 e. The minimum atomic E-state index is -3.37. The maximum Gasteiger partial charge on any atom is 0.220 e. The molecule has 2 rings (SSSR count). The summed E-state index contributed by atoms with van der Waals surface area (Å²) in [6, 6.07) is 1.58. The van der Waals surface area contributed by atoms with Gasteiger partial charge in [-0.25, -0.2) is 8.42 Å². The van der Waals surface area contributed by atoms with Crippen LogP contribution in [-0.4, -0.2) is 68.5 Å². The van der Waals surface area contributed by atoms with Gasteiger partial charge in [-0.1, -0.05) is 31.8 Å². The standard InChI is InChI=1S/C16H29N5O3S.HI/c1-4-14(5-2)12-18-16(17-3)20-7-9-21(10-8-20)25(22,23)13-15-6-11-24-19-15;/h6,11,14H,4-5,7-10,12-13H2,1-3H3,(H,17,18);1H. The number of piperazine rings is 1. The van der Waals surface area contributed by atoms with Gasteiger partial charge in [-0.15, -0.1) is 24.0 Å². The molecule has 8 nitrogen and oxygen atoms in total. The van der Waals surface area contributed by atoms with Crippen molar-refractivity contribution < 1.29 is 12.9 Å². The zero-order valence-electron chi connectivity index (χ0n) is 15.7. The molecule has 2 heterocycles. The highest BCUT2D eigenvalue weighted by atomic mass is 127. The molecule has 150 valence electrons. The third-order valence-electron chi connectivity index (χ3n) is 4.67. The van der Waals surface area contributed by atoms with Crippen LogP contribution in [0.25, 0.3) is 0 Å². The van der Waals surface area contributed by atoms with Crippen LogP contribution in [-0.2, 0) is 15.8 Å². The Morgan fingerprint density at radius 3 is 2.46 bits per heavy atom. The lowest BCUT2D eigenvalue weighted by molar-refractivity contribution is 0.258. The molecule has 0 spiro atoms. The minimum Gasteiger partial charge on any atom is -0.364 e. The maximum absolute atomic E-state index is 12.5. The molecule has 0 aromatic carbocycles. The summed E-state index contributed by atoms with van der Waals surface area (Å²) in [6.45, 7) is 7.43. The molecule has 0 unspecified atom stereocenters. The number of hydrogen-bond donors (Lipinski definition) is 1. The first-order valence-corrected chi connectivity index (χ1v) is 10.4. The second kappa shape index (κ2) is 11.1. The number of aromatic nitrogens is 1.